The van der Waals surface area contributed by atoms with Gasteiger partial charge in [-0.25, -0.2) is 4.99 Å². The SMILES string of the molecule is COc1ccc(N=C2NN=C(c3ccc(OC)c(OC)c3)CS2)cc1. The number of nitrogens with zero attached hydrogens (tertiary/aromatic N) is 2. The van der Waals surface area contributed by atoms with Crippen LogP contribution < -0.4 is 19.6 Å². The molecule has 1 aliphatic heterocycles. The molecular weight excluding hydrogens is 338 g/mol. The molecule has 0 saturated heterocycles. The zero-order valence-corrected chi connectivity index (χ0v) is 15.1. The molecule has 0 amide bonds. The molecule has 7 heteroatoms. The third-order valence-electron chi connectivity index (χ3n) is 3.65. The fraction of sp³-hybridized carbons (Fsp3) is 0.222. The van der Waals surface area contributed by atoms with Crippen molar-refractivity contribution in [3.8, 4) is 17.2 Å². The summed E-state index contributed by atoms with van der Waals surface area (Å²) in [5, 5.41) is 5.19. The zero-order valence-electron chi connectivity index (χ0n) is 14.3. The molecule has 2 aromatic rings. The summed E-state index contributed by atoms with van der Waals surface area (Å²) in [5.74, 6) is 2.91. The molecule has 130 valence electrons. The van der Waals surface area contributed by atoms with E-state index in [0.717, 1.165) is 33.6 Å². The Bertz CT molecular complexity index is 804. The molecule has 3 rings (SSSR count). The van der Waals surface area contributed by atoms with Crippen molar-refractivity contribution < 1.29 is 14.2 Å². The molecule has 0 bridgehead atoms. The number of rotatable bonds is 5. The average Bonchev–Trinajstić information content (AvgIpc) is 2.68. The molecular formula is C18H19N3O3S. The molecule has 0 aromatic heterocycles. The summed E-state index contributed by atoms with van der Waals surface area (Å²) in [4.78, 5) is 4.54. The quantitative estimate of drug-likeness (QED) is 0.888. The molecule has 1 N–H and O–H groups in total. The monoisotopic (exact) mass is 357 g/mol. The summed E-state index contributed by atoms with van der Waals surface area (Å²) < 4.78 is 15.8. The van der Waals surface area contributed by atoms with Gasteiger partial charge >= 0.3 is 0 Å². The van der Waals surface area contributed by atoms with Crippen LogP contribution in [0, 0.1) is 0 Å². The van der Waals surface area contributed by atoms with Crippen molar-refractivity contribution in [2.24, 2.45) is 10.1 Å². The number of aliphatic imine (C=N–C) groups is 1. The predicted molar refractivity (Wildman–Crippen MR) is 102 cm³/mol. The number of nitrogens with one attached hydrogen (secondary N) is 1. The lowest BCUT2D eigenvalue weighted by Crippen LogP contribution is -2.25. The van der Waals surface area contributed by atoms with Crippen molar-refractivity contribution in [3.05, 3.63) is 48.0 Å². The molecule has 1 aliphatic rings. The topological polar surface area (TPSA) is 64.4 Å². The van der Waals surface area contributed by atoms with Gasteiger partial charge in [-0.2, -0.15) is 5.10 Å². The van der Waals surface area contributed by atoms with E-state index in [4.69, 9.17) is 14.2 Å². The minimum absolute atomic E-state index is 0.686. The van der Waals surface area contributed by atoms with Gasteiger partial charge in [0.15, 0.2) is 16.7 Å². The van der Waals surface area contributed by atoms with Crippen LogP contribution in [0.15, 0.2) is 52.6 Å². The van der Waals surface area contributed by atoms with Gasteiger partial charge in [-0.1, -0.05) is 11.8 Å². The van der Waals surface area contributed by atoms with E-state index in [-0.39, 0.29) is 0 Å². The van der Waals surface area contributed by atoms with E-state index >= 15 is 0 Å². The highest BCUT2D eigenvalue weighted by Crippen LogP contribution is 2.29. The van der Waals surface area contributed by atoms with Gasteiger partial charge in [-0.05, 0) is 42.5 Å². The highest BCUT2D eigenvalue weighted by Gasteiger charge is 2.15. The molecule has 1 heterocycles. The Morgan fingerprint density at radius 3 is 2.32 bits per heavy atom. The first-order valence-electron chi connectivity index (χ1n) is 7.64. The Morgan fingerprint density at radius 2 is 1.72 bits per heavy atom. The summed E-state index contributed by atoms with van der Waals surface area (Å²) in [5.41, 5.74) is 5.77. The lowest BCUT2D eigenvalue weighted by atomic mass is 10.1. The van der Waals surface area contributed by atoms with Crippen molar-refractivity contribution in [2.75, 3.05) is 27.1 Å². The van der Waals surface area contributed by atoms with Crippen molar-refractivity contribution in [3.63, 3.8) is 0 Å². The smallest absolute Gasteiger partial charge is 0.182 e. The molecule has 0 radical (unpaired) electrons. The molecule has 0 unspecified atom stereocenters. The summed E-state index contributed by atoms with van der Waals surface area (Å²) in [6.45, 7) is 0. The first-order chi connectivity index (χ1) is 12.2. The minimum atomic E-state index is 0.686. The van der Waals surface area contributed by atoms with Crippen LogP contribution in [0.2, 0.25) is 0 Å². The van der Waals surface area contributed by atoms with E-state index in [1.165, 1.54) is 0 Å². The third kappa shape index (κ3) is 4.06. The van der Waals surface area contributed by atoms with Crippen LogP contribution in [0.3, 0.4) is 0 Å². The van der Waals surface area contributed by atoms with Gasteiger partial charge in [0.05, 0.1) is 32.7 Å². The first kappa shape index (κ1) is 17.2. The fourth-order valence-electron chi connectivity index (χ4n) is 2.31. The van der Waals surface area contributed by atoms with Crippen molar-refractivity contribution in [1.29, 1.82) is 0 Å². The Morgan fingerprint density at radius 1 is 0.960 bits per heavy atom. The van der Waals surface area contributed by atoms with E-state index in [9.17, 15) is 0 Å². The standard InChI is InChI=1S/C18H19N3O3S/c1-22-14-7-5-13(6-8-14)19-18-21-20-15(11-25-18)12-4-9-16(23-2)17(10-12)24-3/h4-10H,11H2,1-3H3,(H,19,21). The third-order valence-corrected chi connectivity index (χ3v) is 4.53. The van der Waals surface area contributed by atoms with Gasteiger partial charge in [0.2, 0.25) is 0 Å². The van der Waals surface area contributed by atoms with E-state index in [2.05, 4.69) is 15.5 Å². The number of hydrazone groups is 1. The zero-order chi connectivity index (χ0) is 17.6. The van der Waals surface area contributed by atoms with Gasteiger partial charge in [0.25, 0.3) is 0 Å². The average molecular weight is 357 g/mol. The summed E-state index contributed by atoms with van der Waals surface area (Å²) in [6, 6.07) is 13.3. The molecule has 6 nitrogen and oxygen atoms in total. The Hall–Kier alpha value is -2.67. The molecule has 2 aromatic carbocycles. The maximum absolute atomic E-state index is 5.35. The molecule has 0 fully saturated rings. The number of amidine groups is 1. The largest absolute Gasteiger partial charge is 0.497 e. The normalized spacial score (nSPS) is 15.3. The lowest BCUT2D eigenvalue weighted by Gasteiger charge is -2.16. The van der Waals surface area contributed by atoms with Crippen LogP contribution in [0.1, 0.15) is 5.56 Å². The second-order valence-corrected chi connectivity index (χ2v) is 6.11. The van der Waals surface area contributed by atoms with Crippen LogP contribution in [0.25, 0.3) is 0 Å². The number of ether oxygens (including phenoxy) is 3. The first-order valence-corrected chi connectivity index (χ1v) is 8.62. The van der Waals surface area contributed by atoms with E-state index < -0.39 is 0 Å². The highest BCUT2D eigenvalue weighted by atomic mass is 32.2. The lowest BCUT2D eigenvalue weighted by molar-refractivity contribution is 0.355. The molecule has 0 spiro atoms. The minimum Gasteiger partial charge on any atom is -0.497 e. The summed E-state index contributed by atoms with van der Waals surface area (Å²) >= 11 is 1.60. The maximum atomic E-state index is 5.35. The number of hydrogen-bond donors (Lipinski definition) is 1. The van der Waals surface area contributed by atoms with Crippen molar-refractivity contribution >= 4 is 28.3 Å². The van der Waals surface area contributed by atoms with E-state index in [1.807, 2.05) is 42.5 Å². The van der Waals surface area contributed by atoms with E-state index in [1.54, 1.807) is 33.1 Å². The molecule has 0 atom stereocenters. The molecule has 0 saturated carbocycles. The van der Waals surface area contributed by atoms with Crippen LogP contribution in [-0.4, -0.2) is 38.0 Å². The predicted octanol–water partition coefficient (Wildman–Crippen LogP) is 3.44. The summed E-state index contributed by atoms with van der Waals surface area (Å²) in [6.07, 6.45) is 0. The van der Waals surface area contributed by atoms with E-state index in [0.29, 0.717) is 11.5 Å². The Labute approximate surface area is 150 Å². The fourth-order valence-corrected chi connectivity index (χ4v) is 3.10. The van der Waals surface area contributed by atoms with Gasteiger partial charge < -0.3 is 14.2 Å². The van der Waals surface area contributed by atoms with Crippen LogP contribution >= 0.6 is 11.8 Å². The Kier molecular flexibility index (Phi) is 5.45. The number of hydrogen-bond acceptors (Lipinski definition) is 6. The Balaban J connectivity index is 1.74. The maximum Gasteiger partial charge on any atom is 0.182 e. The second kappa shape index (κ2) is 7.94. The number of benzene rings is 2. The van der Waals surface area contributed by atoms with Crippen molar-refractivity contribution in [1.82, 2.24) is 5.43 Å². The number of thioether (sulfide) groups is 1. The van der Waals surface area contributed by atoms with Crippen LogP contribution in [-0.2, 0) is 0 Å². The highest BCUT2D eigenvalue weighted by molar-refractivity contribution is 8.14. The van der Waals surface area contributed by atoms with Gasteiger partial charge in [0.1, 0.15) is 5.75 Å². The van der Waals surface area contributed by atoms with Crippen molar-refractivity contribution in [2.45, 2.75) is 0 Å². The second-order valence-electron chi connectivity index (χ2n) is 5.14. The number of methoxy groups -OCH3 is 3. The van der Waals surface area contributed by atoms with Crippen LogP contribution in [0.4, 0.5) is 5.69 Å². The van der Waals surface area contributed by atoms with Crippen LogP contribution in [0.5, 0.6) is 17.2 Å². The molecule has 0 aliphatic carbocycles. The summed E-state index contributed by atoms with van der Waals surface area (Å²) in [7, 11) is 4.88. The van der Waals surface area contributed by atoms with Gasteiger partial charge in [-0.15, -0.1) is 0 Å². The molecule has 25 heavy (non-hydrogen) atoms. The van der Waals surface area contributed by atoms with Gasteiger partial charge in [0, 0.05) is 11.3 Å². The van der Waals surface area contributed by atoms with Gasteiger partial charge in [-0.3, -0.25) is 5.43 Å².